The first-order valence-electron chi connectivity index (χ1n) is 5.36. The number of hydrogen-bond donors (Lipinski definition) is 1. The Bertz CT molecular complexity index is 203. The minimum Gasteiger partial charge on any atom is -0.296 e. The van der Waals surface area contributed by atoms with E-state index in [1.807, 2.05) is 0 Å². The molecule has 82 valence electrons. The molecular formula is C11H20O2S. The molecule has 0 radical (unpaired) electrons. The highest BCUT2D eigenvalue weighted by atomic mass is 32.2. The average Bonchev–Trinajstić information content (AvgIpc) is 2.15. The fourth-order valence-corrected chi connectivity index (χ4v) is 1.51. The molecule has 0 aromatic rings. The molecule has 14 heavy (non-hydrogen) atoms. The molecule has 0 aliphatic carbocycles. The molecule has 0 fully saturated rings. The molecular weight excluding hydrogens is 196 g/mol. The monoisotopic (exact) mass is 216 g/mol. The van der Waals surface area contributed by atoms with Gasteiger partial charge < -0.3 is 0 Å². The van der Waals surface area contributed by atoms with Gasteiger partial charge in [-0.2, -0.15) is 0 Å². The van der Waals surface area contributed by atoms with Crippen LogP contribution in [0.3, 0.4) is 0 Å². The molecule has 2 nitrogen and oxygen atoms in total. The second kappa shape index (κ2) is 10.7. The van der Waals surface area contributed by atoms with Crippen LogP contribution in [-0.4, -0.2) is 8.76 Å². The number of rotatable bonds is 7. The summed E-state index contributed by atoms with van der Waals surface area (Å²) in [5.41, 5.74) is 0. The van der Waals surface area contributed by atoms with Crippen molar-refractivity contribution in [1.82, 2.24) is 0 Å². The highest BCUT2D eigenvalue weighted by molar-refractivity contribution is 7.84. The lowest BCUT2D eigenvalue weighted by Crippen LogP contribution is -1.80. The van der Waals surface area contributed by atoms with Crippen LogP contribution >= 0.6 is 0 Å². The molecule has 0 heterocycles. The van der Waals surface area contributed by atoms with Crippen LogP contribution in [0.5, 0.6) is 0 Å². The zero-order valence-electron chi connectivity index (χ0n) is 8.92. The maximum absolute atomic E-state index is 10.1. The molecule has 0 saturated heterocycles. The van der Waals surface area contributed by atoms with Crippen LogP contribution in [0.25, 0.3) is 0 Å². The van der Waals surface area contributed by atoms with Gasteiger partial charge in [0.15, 0.2) is 0 Å². The van der Waals surface area contributed by atoms with Gasteiger partial charge in [-0.05, 0) is 6.42 Å². The van der Waals surface area contributed by atoms with Crippen molar-refractivity contribution < 1.29 is 8.76 Å². The first-order valence-corrected chi connectivity index (χ1v) is 6.47. The quantitative estimate of drug-likeness (QED) is 0.403. The lowest BCUT2D eigenvalue weighted by molar-refractivity contribution is 0.575. The summed E-state index contributed by atoms with van der Waals surface area (Å²) in [5, 5.41) is 2.23. The SMILES string of the molecule is CCCCCCCCCC#CS(=O)O. The molecule has 0 rings (SSSR count). The van der Waals surface area contributed by atoms with E-state index in [1.165, 1.54) is 38.5 Å². The van der Waals surface area contributed by atoms with Gasteiger partial charge >= 0.3 is 0 Å². The van der Waals surface area contributed by atoms with Crippen LogP contribution in [0.15, 0.2) is 0 Å². The summed E-state index contributed by atoms with van der Waals surface area (Å²) in [6, 6.07) is 0. The third kappa shape index (κ3) is 11.7. The first kappa shape index (κ1) is 13.7. The van der Waals surface area contributed by atoms with Gasteiger partial charge in [0, 0.05) is 11.7 Å². The Labute approximate surface area is 89.8 Å². The highest BCUT2D eigenvalue weighted by Crippen LogP contribution is 2.07. The first-order chi connectivity index (χ1) is 6.77. The van der Waals surface area contributed by atoms with Gasteiger partial charge in [0.05, 0.1) is 0 Å². The zero-order chi connectivity index (χ0) is 10.6. The van der Waals surface area contributed by atoms with E-state index < -0.39 is 11.1 Å². The minimum atomic E-state index is -1.94. The van der Waals surface area contributed by atoms with E-state index in [9.17, 15) is 4.21 Å². The van der Waals surface area contributed by atoms with Crippen LogP contribution < -0.4 is 0 Å². The summed E-state index contributed by atoms with van der Waals surface area (Å²) in [4.78, 5) is 0. The van der Waals surface area contributed by atoms with E-state index in [2.05, 4.69) is 18.1 Å². The summed E-state index contributed by atoms with van der Waals surface area (Å²) in [7, 11) is 0. The van der Waals surface area contributed by atoms with Crippen LogP contribution in [0.2, 0.25) is 0 Å². The fourth-order valence-electron chi connectivity index (χ4n) is 1.28. The van der Waals surface area contributed by atoms with Gasteiger partial charge in [0.25, 0.3) is 0 Å². The molecule has 1 N–H and O–H groups in total. The predicted molar refractivity (Wildman–Crippen MR) is 61.2 cm³/mol. The summed E-state index contributed by atoms with van der Waals surface area (Å²) in [6.45, 7) is 2.21. The summed E-state index contributed by atoms with van der Waals surface area (Å²) in [6.07, 6.45) is 9.53. The molecule has 1 atom stereocenters. The predicted octanol–water partition coefficient (Wildman–Crippen LogP) is 3.31. The van der Waals surface area contributed by atoms with E-state index in [0.29, 0.717) is 0 Å². The van der Waals surface area contributed by atoms with E-state index in [-0.39, 0.29) is 0 Å². The normalized spacial score (nSPS) is 11.9. The Morgan fingerprint density at radius 1 is 1.07 bits per heavy atom. The second-order valence-corrected chi connectivity index (χ2v) is 4.10. The van der Waals surface area contributed by atoms with Crippen molar-refractivity contribution in [3.63, 3.8) is 0 Å². The van der Waals surface area contributed by atoms with Crippen LogP contribution in [0.4, 0.5) is 0 Å². The van der Waals surface area contributed by atoms with Crippen molar-refractivity contribution in [3.8, 4) is 11.2 Å². The van der Waals surface area contributed by atoms with Crippen molar-refractivity contribution in [1.29, 1.82) is 0 Å². The van der Waals surface area contributed by atoms with Crippen molar-refractivity contribution >= 4 is 11.1 Å². The maximum atomic E-state index is 10.1. The molecule has 3 heteroatoms. The minimum absolute atomic E-state index is 0.750. The second-order valence-electron chi connectivity index (χ2n) is 3.40. The van der Waals surface area contributed by atoms with E-state index in [1.54, 1.807) is 0 Å². The third-order valence-electron chi connectivity index (χ3n) is 2.06. The van der Waals surface area contributed by atoms with Crippen LogP contribution in [0, 0.1) is 11.2 Å². The molecule has 0 aliphatic rings. The van der Waals surface area contributed by atoms with Gasteiger partial charge in [-0.25, -0.2) is 4.21 Å². The van der Waals surface area contributed by atoms with E-state index in [0.717, 1.165) is 12.8 Å². The smallest absolute Gasteiger partial charge is 0.233 e. The summed E-state index contributed by atoms with van der Waals surface area (Å²) >= 11 is -1.94. The molecule has 0 spiro atoms. The van der Waals surface area contributed by atoms with Crippen molar-refractivity contribution in [2.45, 2.75) is 58.3 Å². The molecule has 0 amide bonds. The Morgan fingerprint density at radius 3 is 2.21 bits per heavy atom. The topological polar surface area (TPSA) is 37.3 Å². The Kier molecular flexibility index (Phi) is 10.5. The lowest BCUT2D eigenvalue weighted by Gasteiger charge is -1.97. The van der Waals surface area contributed by atoms with Crippen molar-refractivity contribution in [2.75, 3.05) is 0 Å². The van der Waals surface area contributed by atoms with Gasteiger partial charge in [0.1, 0.15) is 0 Å². The zero-order valence-corrected chi connectivity index (χ0v) is 9.74. The third-order valence-corrected chi connectivity index (χ3v) is 2.38. The standard InChI is InChI=1S/C11H20O2S/c1-2-3-4-5-6-7-8-9-10-11-14(12)13/h2-9H2,1H3,(H,12,13). The van der Waals surface area contributed by atoms with Gasteiger partial charge in [-0.15, -0.1) is 0 Å². The molecule has 0 aliphatic heterocycles. The Morgan fingerprint density at radius 2 is 1.64 bits per heavy atom. The van der Waals surface area contributed by atoms with Gasteiger partial charge in [0.2, 0.25) is 11.1 Å². The molecule has 1 unspecified atom stereocenters. The van der Waals surface area contributed by atoms with Crippen molar-refractivity contribution in [2.24, 2.45) is 0 Å². The Hall–Kier alpha value is -0.330. The average molecular weight is 216 g/mol. The summed E-state index contributed by atoms with van der Waals surface area (Å²) < 4.78 is 18.5. The molecule has 0 aromatic carbocycles. The largest absolute Gasteiger partial charge is 0.296 e. The highest BCUT2D eigenvalue weighted by Gasteiger charge is 1.89. The van der Waals surface area contributed by atoms with Crippen molar-refractivity contribution in [3.05, 3.63) is 0 Å². The molecule has 0 saturated carbocycles. The van der Waals surface area contributed by atoms with Gasteiger partial charge in [-0.1, -0.05) is 51.4 Å². The number of unbranched alkanes of at least 4 members (excludes halogenated alkanes) is 7. The molecule has 0 bridgehead atoms. The Balaban J connectivity index is 3.07. The van der Waals surface area contributed by atoms with E-state index >= 15 is 0 Å². The van der Waals surface area contributed by atoms with Crippen LogP contribution in [0.1, 0.15) is 58.3 Å². The van der Waals surface area contributed by atoms with Crippen LogP contribution in [-0.2, 0) is 11.1 Å². The summed E-state index contributed by atoms with van der Waals surface area (Å²) in [5.74, 6) is 2.69. The fraction of sp³-hybridized carbons (Fsp3) is 0.818. The van der Waals surface area contributed by atoms with E-state index in [4.69, 9.17) is 4.55 Å². The number of hydrogen-bond acceptors (Lipinski definition) is 1. The lowest BCUT2D eigenvalue weighted by atomic mass is 10.1. The maximum Gasteiger partial charge on any atom is 0.233 e. The molecule has 0 aromatic heterocycles. The van der Waals surface area contributed by atoms with Gasteiger partial charge in [-0.3, -0.25) is 4.55 Å².